The second kappa shape index (κ2) is 5.89. The van der Waals surface area contributed by atoms with Gasteiger partial charge in [-0.1, -0.05) is 12.1 Å². The normalized spacial score (nSPS) is 11.8. The van der Waals surface area contributed by atoms with E-state index in [-0.39, 0.29) is 12.3 Å². The van der Waals surface area contributed by atoms with Crippen LogP contribution < -0.4 is 14.6 Å². The summed E-state index contributed by atoms with van der Waals surface area (Å²) in [6, 6.07) is 5.92. The highest BCUT2D eigenvalue weighted by Gasteiger charge is 2.04. The lowest BCUT2D eigenvalue weighted by Crippen LogP contribution is -2.32. The van der Waals surface area contributed by atoms with E-state index in [0.717, 1.165) is 5.56 Å². The second-order valence-electron chi connectivity index (χ2n) is 3.21. The number of ether oxygens (including phenoxy) is 1. The fourth-order valence-corrected chi connectivity index (χ4v) is 1.56. The molecule has 0 aliphatic heterocycles. The summed E-state index contributed by atoms with van der Waals surface area (Å²) in [4.78, 5) is 0. The molecule has 1 rings (SSSR count). The van der Waals surface area contributed by atoms with Gasteiger partial charge in [0.1, 0.15) is 5.75 Å². The molecule has 0 aromatic heterocycles. The number of hydrogen-bond acceptors (Lipinski definition) is 3. The van der Waals surface area contributed by atoms with Crippen molar-refractivity contribution in [2.45, 2.75) is 13.0 Å². The number of halogens is 2. The van der Waals surface area contributed by atoms with Crippen LogP contribution in [0.5, 0.6) is 5.75 Å². The Kier molecular flexibility index (Phi) is 4.79. The highest BCUT2D eigenvalue weighted by atomic mass is 32.2. The Hall–Kier alpha value is -1.25. The minimum absolute atomic E-state index is 0.0585. The first kappa shape index (κ1) is 13.8. The van der Waals surface area contributed by atoms with Crippen LogP contribution in [0.25, 0.3) is 0 Å². The van der Waals surface area contributed by atoms with Crippen molar-refractivity contribution in [1.82, 2.24) is 4.72 Å². The van der Waals surface area contributed by atoms with E-state index < -0.39 is 16.8 Å². The van der Waals surface area contributed by atoms with Gasteiger partial charge in [-0.05, 0) is 24.1 Å². The summed E-state index contributed by atoms with van der Waals surface area (Å²) in [5.41, 5.74) is 0.780. The molecule has 17 heavy (non-hydrogen) atoms. The molecule has 0 aliphatic carbocycles. The fourth-order valence-electron chi connectivity index (χ4n) is 1.18. The van der Waals surface area contributed by atoms with E-state index in [0.29, 0.717) is 6.42 Å². The molecule has 3 N–H and O–H groups in total. The van der Waals surface area contributed by atoms with Gasteiger partial charge in [0.25, 0.3) is 10.2 Å². The van der Waals surface area contributed by atoms with Crippen LogP contribution in [0.4, 0.5) is 8.78 Å². The van der Waals surface area contributed by atoms with E-state index in [1.807, 2.05) is 0 Å². The zero-order chi connectivity index (χ0) is 12.9. The molecule has 1 aromatic carbocycles. The average Bonchev–Trinajstić information content (AvgIpc) is 2.18. The standard InChI is InChI=1S/C9H12F2N2O3S/c10-9(11)16-8-3-1-7(2-4-8)5-6-13-17(12,14)15/h1-4,9,13H,5-6H2,(H2,12,14,15). The Labute approximate surface area is 97.8 Å². The van der Waals surface area contributed by atoms with Crippen molar-refractivity contribution in [2.24, 2.45) is 5.14 Å². The summed E-state index contributed by atoms with van der Waals surface area (Å²) in [5.74, 6) is 0.0585. The molecule has 0 spiro atoms. The summed E-state index contributed by atoms with van der Waals surface area (Å²) in [6.07, 6.45) is 0.408. The number of nitrogens with one attached hydrogen (secondary N) is 1. The zero-order valence-electron chi connectivity index (χ0n) is 8.77. The third-order valence-corrected chi connectivity index (χ3v) is 2.47. The molecular weight excluding hydrogens is 254 g/mol. The van der Waals surface area contributed by atoms with Gasteiger partial charge in [0.2, 0.25) is 0 Å². The van der Waals surface area contributed by atoms with Crippen LogP contribution in [0.15, 0.2) is 24.3 Å². The van der Waals surface area contributed by atoms with Gasteiger partial charge >= 0.3 is 6.61 Å². The van der Waals surface area contributed by atoms with Crippen molar-refractivity contribution in [2.75, 3.05) is 6.54 Å². The van der Waals surface area contributed by atoms with Gasteiger partial charge in [-0.2, -0.15) is 17.2 Å². The van der Waals surface area contributed by atoms with Crippen LogP contribution >= 0.6 is 0 Å². The van der Waals surface area contributed by atoms with E-state index in [9.17, 15) is 17.2 Å². The van der Waals surface area contributed by atoms with E-state index >= 15 is 0 Å². The first-order valence-corrected chi connectivity index (χ1v) is 6.22. The Bertz CT molecular complexity index is 448. The van der Waals surface area contributed by atoms with Gasteiger partial charge in [-0.3, -0.25) is 0 Å². The summed E-state index contributed by atoms with van der Waals surface area (Å²) in [5, 5.41) is 4.74. The number of benzene rings is 1. The molecule has 0 saturated carbocycles. The van der Waals surface area contributed by atoms with Crippen molar-refractivity contribution in [3.63, 3.8) is 0 Å². The van der Waals surface area contributed by atoms with Crippen LogP contribution in [-0.4, -0.2) is 21.6 Å². The quantitative estimate of drug-likeness (QED) is 0.792. The SMILES string of the molecule is NS(=O)(=O)NCCc1ccc(OC(F)F)cc1. The lowest BCUT2D eigenvalue weighted by atomic mass is 10.1. The highest BCUT2D eigenvalue weighted by Crippen LogP contribution is 2.14. The van der Waals surface area contributed by atoms with Gasteiger partial charge in [0.05, 0.1) is 0 Å². The van der Waals surface area contributed by atoms with Crippen molar-refractivity contribution < 1.29 is 21.9 Å². The van der Waals surface area contributed by atoms with E-state index in [2.05, 4.69) is 9.46 Å². The Morgan fingerprint density at radius 2 is 1.88 bits per heavy atom. The summed E-state index contributed by atoms with van der Waals surface area (Å²) >= 11 is 0. The molecule has 5 nitrogen and oxygen atoms in total. The van der Waals surface area contributed by atoms with Crippen molar-refractivity contribution in [1.29, 1.82) is 0 Å². The third-order valence-electron chi connectivity index (χ3n) is 1.87. The maximum absolute atomic E-state index is 11.8. The highest BCUT2D eigenvalue weighted by molar-refractivity contribution is 7.87. The molecule has 0 fully saturated rings. The smallest absolute Gasteiger partial charge is 0.387 e. The van der Waals surface area contributed by atoms with Crippen molar-refractivity contribution in [3.8, 4) is 5.75 Å². The van der Waals surface area contributed by atoms with Crippen LogP contribution in [0, 0.1) is 0 Å². The molecule has 0 heterocycles. The Morgan fingerprint density at radius 1 is 1.29 bits per heavy atom. The fraction of sp³-hybridized carbons (Fsp3) is 0.333. The van der Waals surface area contributed by atoms with Crippen LogP contribution in [0.1, 0.15) is 5.56 Å². The number of rotatable bonds is 6. The topological polar surface area (TPSA) is 81.4 Å². The lowest BCUT2D eigenvalue weighted by Gasteiger charge is -2.06. The number of alkyl halides is 2. The van der Waals surface area contributed by atoms with Crippen LogP contribution in [0.3, 0.4) is 0 Å². The van der Waals surface area contributed by atoms with E-state index in [1.54, 1.807) is 12.1 Å². The molecule has 0 saturated heterocycles. The predicted octanol–water partition coefficient (Wildman–Crippen LogP) is 0.624. The van der Waals surface area contributed by atoms with E-state index in [1.165, 1.54) is 12.1 Å². The molecule has 0 bridgehead atoms. The minimum atomic E-state index is -3.69. The first-order chi connectivity index (χ1) is 7.87. The van der Waals surface area contributed by atoms with Crippen LogP contribution in [0.2, 0.25) is 0 Å². The largest absolute Gasteiger partial charge is 0.435 e. The summed E-state index contributed by atoms with van der Waals surface area (Å²) in [7, 11) is -3.69. The van der Waals surface area contributed by atoms with Gasteiger partial charge in [-0.15, -0.1) is 0 Å². The molecular formula is C9H12F2N2O3S. The summed E-state index contributed by atoms with van der Waals surface area (Å²) in [6.45, 7) is -2.71. The van der Waals surface area contributed by atoms with E-state index in [4.69, 9.17) is 5.14 Å². The minimum Gasteiger partial charge on any atom is -0.435 e. The molecule has 96 valence electrons. The Balaban J connectivity index is 2.46. The molecule has 8 heteroatoms. The zero-order valence-corrected chi connectivity index (χ0v) is 9.58. The van der Waals surface area contributed by atoms with Crippen molar-refractivity contribution >= 4 is 10.2 Å². The van der Waals surface area contributed by atoms with Gasteiger partial charge in [-0.25, -0.2) is 9.86 Å². The number of nitrogens with two attached hydrogens (primary N) is 1. The second-order valence-corrected chi connectivity index (χ2v) is 4.59. The van der Waals surface area contributed by atoms with Crippen LogP contribution in [-0.2, 0) is 16.6 Å². The molecule has 0 atom stereocenters. The maximum Gasteiger partial charge on any atom is 0.387 e. The third kappa shape index (κ3) is 6.15. The van der Waals surface area contributed by atoms with Crippen molar-refractivity contribution in [3.05, 3.63) is 29.8 Å². The monoisotopic (exact) mass is 266 g/mol. The van der Waals surface area contributed by atoms with Gasteiger partial charge < -0.3 is 4.74 Å². The molecule has 1 aromatic rings. The molecule has 0 unspecified atom stereocenters. The maximum atomic E-state index is 11.8. The van der Waals surface area contributed by atoms with Gasteiger partial charge in [0, 0.05) is 6.54 Å². The Morgan fingerprint density at radius 3 is 2.35 bits per heavy atom. The molecule has 0 radical (unpaired) electrons. The first-order valence-electron chi connectivity index (χ1n) is 4.68. The van der Waals surface area contributed by atoms with Gasteiger partial charge in [0.15, 0.2) is 0 Å². The molecule has 0 aliphatic rings. The average molecular weight is 266 g/mol. The lowest BCUT2D eigenvalue weighted by molar-refractivity contribution is -0.0498. The predicted molar refractivity (Wildman–Crippen MR) is 57.9 cm³/mol. The number of hydrogen-bond donors (Lipinski definition) is 2. The summed E-state index contributed by atoms with van der Waals surface area (Å²) < 4.78 is 51.1. The molecule has 0 amide bonds.